The van der Waals surface area contributed by atoms with Gasteiger partial charge in [-0.3, -0.25) is 4.79 Å². The summed E-state index contributed by atoms with van der Waals surface area (Å²) in [5, 5.41) is 14.7. The number of ether oxygens (including phenoxy) is 2. The van der Waals surface area contributed by atoms with E-state index in [1.54, 1.807) is 12.3 Å². The maximum Gasteiger partial charge on any atom is 0.262 e. The second kappa shape index (κ2) is 10.00. The van der Waals surface area contributed by atoms with E-state index in [0.717, 1.165) is 29.0 Å². The fourth-order valence-electron chi connectivity index (χ4n) is 7.09. The van der Waals surface area contributed by atoms with Crippen molar-refractivity contribution in [2.75, 3.05) is 18.5 Å². The zero-order chi connectivity index (χ0) is 25.2. The topological polar surface area (TPSA) is 90.6 Å². The Morgan fingerprint density at radius 3 is 2.32 bits per heavy atom. The van der Waals surface area contributed by atoms with Crippen molar-refractivity contribution in [1.29, 1.82) is 0 Å². The van der Waals surface area contributed by atoms with Crippen molar-refractivity contribution in [3.8, 4) is 11.5 Å². The van der Waals surface area contributed by atoms with Crippen LogP contribution >= 0.6 is 0 Å². The van der Waals surface area contributed by atoms with Crippen molar-refractivity contribution in [1.82, 2.24) is 14.9 Å². The Bertz CT molecular complexity index is 1230. The molecule has 0 spiro atoms. The summed E-state index contributed by atoms with van der Waals surface area (Å²) in [5.74, 6) is 3.61. The molecule has 8 heteroatoms. The number of carbonyl (C=O) groups is 1. The van der Waals surface area contributed by atoms with Crippen LogP contribution in [0.25, 0.3) is 0 Å². The van der Waals surface area contributed by atoms with E-state index in [2.05, 4.69) is 32.7 Å². The standard InChI is InChI=1S/C29H33N5O3/c1-2-36-27-12-20(16-32-34-18-30-31-19-34)3-8-26(27)37-17-28(35)33-25-6-4-24(5-7-25)29-13-21-9-22(14-29)11-23(10-21)15-29/h3-8,12,16,18-19,21-23H,2,9-11,13-15,17H2,1H3,(H,33,35)/b32-16-. The number of aromatic nitrogens is 3. The molecule has 0 aliphatic heterocycles. The SMILES string of the molecule is CCOc1cc(/C=N\n2cnnc2)ccc1OCC(=O)Nc1ccc(C23CC4CC(CC(C4)C2)C3)cc1. The third-order valence-corrected chi connectivity index (χ3v) is 8.19. The average Bonchev–Trinajstić information content (AvgIpc) is 3.41. The molecule has 2 aromatic carbocycles. The molecule has 8 nitrogen and oxygen atoms in total. The van der Waals surface area contributed by atoms with Gasteiger partial charge in [0.15, 0.2) is 18.1 Å². The number of rotatable bonds is 9. The summed E-state index contributed by atoms with van der Waals surface area (Å²) in [6.45, 7) is 2.27. The minimum atomic E-state index is -0.205. The first-order valence-corrected chi connectivity index (χ1v) is 13.3. The zero-order valence-corrected chi connectivity index (χ0v) is 21.2. The fraction of sp³-hybridized carbons (Fsp3) is 0.448. The molecule has 192 valence electrons. The van der Waals surface area contributed by atoms with Gasteiger partial charge < -0.3 is 14.8 Å². The van der Waals surface area contributed by atoms with E-state index in [4.69, 9.17) is 9.47 Å². The third-order valence-electron chi connectivity index (χ3n) is 8.19. The summed E-state index contributed by atoms with van der Waals surface area (Å²) >= 11 is 0. The lowest BCUT2D eigenvalue weighted by atomic mass is 9.48. The number of anilines is 1. The Hall–Kier alpha value is -3.68. The van der Waals surface area contributed by atoms with E-state index >= 15 is 0 Å². The Morgan fingerprint density at radius 2 is 1.68 bits per heavy atom. The van der Waals surface area contributed by atoms with Crippen LogP contribution in [-0.2, 0) is 10.2 Å². The number of hydrogen-bond donors (Lipinski definition) is 1. The van der Waals surface area contributed by atoms with Gasteiger partial charge in [0, 0.05) is 5.69 Å². The maximum absolute atomic E-state index is 12.6. The number of amides is 1. The van der Waals surface area contributed by atoms with Gasteiger partial charge >= 0.3 is 0 Å². The highest BCUT2D eigenvalue weighted by Gasteiger charge is 2.51. The molecule has 1 aromatic heterocycles. The molecular formula is C29H33N5O3. The van der Waals surface area contributed by atoms with E-state index in [1.165, 1.54) is 61.4 Å². The first-order chi connectivity index (χ1) is 18.1. The first kappa shape index (κ1) is 23.7. The van der Waals surface area contributed by atoms with Crippen LogP contribution in [0.1, 0.15) is 56.6 Å². The van der Waals surface area contributed by atoms with Gasteiger partial charge in [-0.2, -0.15) is 5.10 Å². The number of hydrogen-bond acceptors (Lipinski definition) is 6. The molecule has 4 fully saturated rings. The highest BCUT2D eigenvalue weighted by Crippen LogP contribution is 2.60. The van der Waals surface area contributed by atoms with Crippen LogP contribution in [0.15, 0.2) is 60.2 Å². The van der Waals surface area contributed by atoms with Crippen LogP contribution in [0.3, 0.4) is 0 Å². The van der Waals surface area contributed by atoms with Gasteiger partial charge in [-0.25, -0.2) is 4.68 Å². The van der Waals surface area contributed by atoms with Gasteiger partial charge in [0.2, 0.25) is 0 Å². The Labute approximate surface area is 217 Å². The van der Waals surface area contributed by atoms with E-state index < -0.39 is 0 Å². The summed E-state index contributed by atoms with van der Waals surface area (Å²) in [7, 11) is 0. The Kier molecular flexibility index (Phi) is 6.40. The highest BCUT2D eigenvalue weighted by atomic mass is 16.5. The van der Waals surface area contributed by atoms with Crippen LogP contribution in [0, 0.1) is 17.8 Å². The predicted octanol–water partition coefficient (Wildman–Crippen LogP) is 5.04. The minimum absolute atomic E-state index is 0.106. The van der Waals surface area contributed by atoms with Crippen LogP contribution in [-0.4, -0.2) is 40.2 Å². The second-order valence-corrected chi connectivity index (χ2v) is 10.8. The molecule has 4 aliphatic rings. The average molecular weight is 500 g/mol. The second-order valence-electron chi connectivity index (χ2n) is 10.8. The summed E-state index contributed by atoms with van der Waals surface area (Å²) in [4.78, 5) is 12.6. The molecule has 1 N–H and O–H groups in total. The van der Waals surface area contributed by atoms with Crippen LogP contribution in [0.2, 0.25) is 0 Å². The maximum atomic E-state index is 12.6. The molecule has 4 saturated carbocycles. The lowest BCUT2D eigenvalue weighted by Gasteiger charge is -2.57. The quantitative estimate of drug-likeness (QED) is 0.417. The molecule has 7 rings (SSSR count). The van der Waals surface area contributed by atoms with E-state index in [0.29, 0.717) is 23.5 Å². The number of carbonyl (C=O) groups excluding carboxylic acids is 1. The molecule has 4 bridgehead atoms. The first-order valence-electron chi connectivity index (χ1n) is 13.3. The summed E-state index contributed by atoms with van der Waals surface area (Å²) in [6, 6.07) is 14.0. The number of benzene rings is 2. The van der Waals surface area contributed by atoms with Gasteiger partial charge in [-0.05, 0) is 110 Å². The van der Waals surface area contributed by atoms with Gasteiger partial charge in [0.1, 0.15) is 12.7 Å². The highest BCUT2D eigenvalue weighted by molar-refractivity contribution is 5.92. The lowest BCUT2D eigenvalue weighted by molar-refractivity contribution is -0.118. The molecule has 0 unspecified atom stereocenters. The predicted molar refractivity (Wildman–Crippen MR) is 141 cm³/mol. The molecule has 1 amide bonds. The van der Waals surface area contributed by atoms with Crippen molar-refractivity contribution in [2.24, 2.45) is 22.9 Å². The van der Waals surface area contributed by atoms with Crippen molar-refractivity contribution in [2.45, 2.75) is 50.9 Å². The van der Waals surface area contributed by atoms with Crippen molar-refractivity contribution < 1.29 is 14.3 Å². The third kappa shape index (κ3) is 5.10. The normalized spacial score (nSPS) is 25.9. The van der Waals surface area contributed by atoms with E-state index in [1.807, 2.05) is 31.2 Å². The van der Waals surface area contributed by atoms with E-state index in [9.17, 15) is 4.79 Å². The molecule has 1 heterocycles. The summed E-state index contributed by atoms with van der Waals surface area (Å²) in [6.07, 6.45) is 13.0. The smallest absolute Gasteiger partial charge is 0.262 e. The van der Waals surface area contributed by atoms with Crippen LogP contribution in [0.4, 0.5) is 5.69 Å². The Morgan fingerprint density at radius 1 is 1.00 bits per heavy atom. The number of nitrogens with one attached hydrogen (secondary N) is 1. The van der Waals surface area contributed by atoms with Crippen LogP contribution < -0.4 is 14.8 Å². The molecule has 0 saturated heterocycles. The monoisotopic (exact) mass is 499 g/mol. The molecule has 37 heavy (non-hydrogen) atoms. The van der Waals surface area contributed by atoms with Crippen molar-refractivity contribution in [3.63, 3.8) is 0 Å². The van der Waals surface area contributed by atoms with Gasteiger partial charge in [0.25, 0.3) is 5.91 Å². The molecule has 0 radical (unpaired) electrons. The minimum Gasteiger partial charge on any atom is -0.490 e. The van der Waals surface area contributed by atoms with Gasteiger partial charge in [-0.15, -0.1) is 10.2 Å². The zero-order valence-electron chi connectivity index (χ0n) is 21.2. The van der Waals surface area contributed by atoms with Crippen molar-refractivity contribution in [3.05, 3.63) is 66.2 Å². The molecule has 4 aliphatic carbocycles. The molecule has 3 aromatic rings. The fourth-order valence-corrected chi connectivity index (χ4v) is 7.09. The summed E-state index contributed by atoms with van der Waals surface area (Å²) in [5.41, 5.74) is 3.44. The summed E-state index contributed by atoms with van der Waals surface area (Å²) < 4.78 is 13.0. The van der Waals surface area contributed by atoms with Crippen molar-refractivity contribution >= 4 is 17.8 Å². The van der Waals surface area contributed by atoms with E-state index in [-0.39, 0.29) is 12.5 Å². The van der Waals surface area contributed by atoms with Crippen LogP contribution in [0.5, 0.6) is 11.5 Å². The largest absolute Gasteiger partial charge is 0.490 e. The number of nitrogens with zero attached hydrogens (tertiary/aromatic N) is 4. The molecular weight excluding hydrogens is 466 g/mol. The molecule has 0 atom stereocenters. The van der Waals surface area contributed by atoms with Gasteiger partial charge in [0.05, 0.1) is 12.8 Å². The lowest BCUT2D eigenvalue weighted by Crippen LogP contribution is -2.48. The van der Waals surface area contributed by atoms with Gasteiger partial charge in [-0.1, -0.05) is 12.1 Å². The Balaban J connectivity index is 1.06.